The van der Waals surface area contributed by atoms with Crippen molar-refractivity contribution in [1.29, 1.82) is 0 Å². The van der Waals surface area contributed by atoms with Crippen LogP contribution in [-0.2, 0) is 14.8 Å². The van der Waals surface area contributed by atoms with E-state index in [0.29, 0.717) is 5.69 Å². The maximum atomic E-state index is 11.4. The van der Waals surface area contributed by atoms with Gasteiger partial charge in [0.15, 0.2) is 5.75 Å². The number of sulfonamides is 1. The predicted molar refractivity (Wildman–Crippen MR) is 67.0 cm³/mol. The summed E-state index contributed by atoms with van der Waals surface area (Å²) in [5.41, 5.74) is 1.21. The highest BCUT2D eigenvalue weighted by atomic mass is 32.2. The number of benzene rings is 1. The molecule has 0 atom stereocenters. The van der Waals surface area contributed by atoms with Crippen molar-refractivity contribution in [3.8, 4) is 11.3 Å². The molecule has 0 saturated heterocycles. The van der Waals surface area contributed by atoms with E-state index < -0.39 is 21.7 Å². The number of carboxylic acid groups (broad SMARTS) is 1. The Morgan fingerprint density at radius 1 is 1.32 bits per heavy atom. The molecule has 0 unspecified atom stereocenters. The Labute approximate surface area is 108 Å². The topological polar surface area (TPSA) is 110 Å². The van der Waals surface area contributed by atoms with Gasteiger partial charge in [-0.25, -0.2) is 13.1 Å². The monoisotopic (exact) mass is 282 g/mol. The summed E-state index contributed by atoms with van der Waals surface area (Å²) in [6.45, 7) is 0. The van der Waals surface area contributed by atoms with Gasteiger partial charge in [0.1, 0.15) is 12.0 Å². The van der Waals surface area contributed by atoms with Gasteiger partial charge in [-0.1, -0.05) is 30.3 Å². The van der Waals surface area contributed by atoms with Crippen molar-refractivity contribution in [3.05, 3.63) is 36.6 Å². The maximum absolute atomic E-state index is 11.4. The van der Waals surface area contributed by atoms with Gasteiger partial charge < -0.3 is 9.52 Å². The van der Waals surface area contributed by atoms with E-state index in [4.69, 9.17) is 9.52 Å². The highest BCUT2D eigenvalue weighted by molar-refractivity contribution is 7.93. The number of aliphatic carboxylic acids is 1. The molecule has 1 aromatic carbocycles. The molecule has 2 rings (SSSR count). The first-order chi connectivity index (χ1) is 8.96. The Balaban J connectivity index is 2.17. The van der Waals surface area contributed by atoms with E-state index >= 15 is 0 Å². The maximum Gasteiger partial charge on any atom is 0.320 e. The van der Waals surface area contributed by atoms with Gasteiger partial charge in [0.25, 0.3) is 0 Å². The van der Waals surface area contributed by atoms with Gasteiger partial charge in [-0.2, -0.15) is 4.98 Å². The number of carbonyl (C=O) groups is 1. The average molecular weight is 282 g/mol. The van der Waals surface area contributed by atoms with Crippen LogP contribution in [0.1, 0.15) is 0 Å². The summed E-state index contributed by atoms with van der Waals surface area (Å²) in [4.78, 5) is 14.3. The Morgan fingerprint density at radius 2 is 2.00 bits per heavy atom. The van der Waals surface area contributed by atoms with Crippen molar-refractivity contribution in [2.75, 3.05) is 10.5 Å². The molecule has 0 aliphatic carbocycles. The number of anilines is 1. The second kappa shape index (κ2) is 5.11. The molecule has 100 valence electrons. The molecular weight excluding hydrogens is 272 g/mol. The van der Waals surface area contributed by atoms with E-state index in [0.717, 1.165) is 5.56 Å². The van der Waals surface area contributed by atoms with Gasteiger partial charge in [-0.3, -0.25) is 4.79 Å². The molecular formula is C11H10N2O5S. The van der Waals surface area contributed by atoms with Crippen molar-refractivity contribution in [3.63, 3.8) is 0 Å². The lowest BCUT2D eigenvalue weighted by Crippen LogP contribution is -2.22. The molecule has 0 bridgehead atoms. The third-order valence-electron chi connectivity index (χ3n) is 2.13. The highest BCUT2D eigenvalue weighted by Gasteiger charge is 2.18. The minimum absolute atomic E-state index is 0.264. The average Bonchev–Trinajstić information content (AvgIpc) is 2.76. The third kappa shape index (κ3) is 3.55. The summed E-state index contributed by atoms with van der Waals surface area (Å²) in [5.74, 6) is -2.50. The van der Waals surface area contributed by atoms with Crippen LogP contribution >= 0.6 is 0 Å². The van der Waals surface area contributed by atoms with Crippen LogP contribution in [0.5, 0.6) is 0 Å². The number of carboxylic acids is 1. The van der Waals surface area contributed by atoms with Crippen molar-refractivity contribution < 1.29 is 22.7 Å². The molecule has 0 aliphatic heterocycles. The predicted octanol–water partition coefficient (Wildman–Crippen LogP) is 1.17. The Bertz CT molecular complexity index is 678. The molecule has 1 aromatic heterocycles. The van der Waals surface area contributed by atoms with E-state index in [1.165, 1.54) is 6.26 Å². The smallest absolute Gasteiger partial charge is 0.320 e. The fourth-order valence-electron chi connectivity index (χ4n) is 1.39. The summed E-state index contributed by atoms with van der Waals surface area (Å²) in [5, 5.41) is 8.44. The molecule has 0 amide bonds. The molecule has 0 aliphatic rings. The normalized spacial score (nSPS) is 11.2. The van der Waals surface area contributed by atoms with Crippen molar-refractivity contribution >= 4 is 22.0 Å². The van der Waals surface area contributed by atoms with E-state index in [9.17, 15) is 13.2 Å². The van der Waals surface area contributed by atoms with Gasteiger partial charge >= 0.3 is 12.0 Å². The number of rotatable bonds is 5. The highest BCUT2D eigenvalue weighted by Crippen LogP contribution is 2.20. The number of nitrogens with zero attached hydrogens (tertiary/aromatic N) is 1. The third-order valence-corrected chi connectivity index (χ3v) is 3.24. The fraction of sp³-hybridized carbons (Fsp3) is 0.0909. The molecule has 0 fully saturated rings. The number of aromatic nitrogens is 1. The first kappa shape index (κ1) is 13.1. The minimum Gasteiger partial charge on any atom is -0.480 e. The van der Waals surface area contributed by atoms with Crippen LogP contribution in [0.4, 0.5) is 6.01 Å². The zero-order valence-corrected chi connectivity index (χ0v) is 10.4. The summed E-state index contributed by atoms with van der Waals surface area (Å²) in [6, 6.07) is 8.75. The van der Waals surface area contributed by atoms with Crippen LogP contribution in [0, 0.1) is 0 Å². The molecule has 0 saturated carbocycles. The lowest BCUT2D eigenvalue weighted by Gasteiger charge is -2.00. The fourth-order valence-corrected chi connectivity index (χ4v) is 2.15. The van der Waals surface area contributed by atoms with E-state index in [1.807, 2.05) is 10.8 Å². The second-order valence-electron chi connectivity index (χ2n) is 3.66. The number of hydrogen-bond donors (Lipinski definition) is 2. The zero-order chi connectivity index (χ0) is 13.9. The minimum atomic E-state index is -4.01. The van der Waals surface area contributed by atoms with Crippen LogP contribution in [0.3, 0.4) is 0 Å². The van der Waals surface area contributed by atoms with Crippen molar-refractivity contribution in [2.45, 2.75) is 0 Å². The van der Waals surface area contributed by atoms with Gasteiger partial charge in [0.05, 0.1) is 0 Å². The SMILES string of the molecule is O=C(O)CS(=O)(=O)Nc1nc(-c2ccccc2)co1. The Kier molecular flexibility index (Phi) is 3.52. The first-order valence-corrected chi connectivity index (χ1v) is 6.85. The number of oxazole rings is 1. The summed E-state index contributed by atoms with van der Waals surface area (Å²) in [6.07, 6.45) is 1.29. The van der Waals surface area contributed by atoms with Crippen LogP contribution in [0.2, 0.25) is 0 Å². The largest absolute Gasteiger partial charge is 0.480 e. The summed E-state index contributed by atoms with van der Waals surface area (Å²) >= 11 is 0. The number of nitrogens with one attached hydrogen (secondary N) is 1. The summed E-state index contributed by atoms with van der Waals surface area (Å²) in [7, 11) is -4.01. The van der Waals surface area contributed by atoms with E-state index in [-0.39, 0.29) is 6.01 Å². The van der Waals surface area contributed by atoms with Gasteiger partial charge in [-0.15, -0.1) is 0 Å². The lowest BCUT2D eigenvalue weighted by molar-refractivity contribution is -0.134. The second-order valence-corrected chi connectivity index (χ2v) is 5.38. The zero-order valence-electron chi connectivity index (χ0n) is 9.61. The molecule has 8 heteroatoms. The van der Waals surface area contributed by atoms with E-state index in [1.54, 1.807) is 24.3 Å². The molecule has 1 heterocycles. The number of hydrogen-bond acceptors (Lipinski definition) is 5. The standard InChI is InChI=1S/C11H10N2O5S/c14-10(15)7-19(16,17)13-11-12-9(6-18-11)8-4-2-1-3-5-8/h1-6H,7H2,(H,12,13)(H,14,15). The first-order valence-electron chi connectivity index (χ1n) is 5.19. The van der Waals surface area contributed by atoms with Gasteiger partial charge in [0.2, 0.25) is 10.0 Å². The molecule has 0 spiro atoms. The van der Waals surface area contributed by atoms with Crippen molar-refractivity contribution in [1.82, 2.24) is 4.98 Å². The quantitative estimate of drug-likeness (QED) is 0.851. The summed E-state index contributed by atoms with van der Waals surface area (Å²) < 4.78 is 29.6. The van der Waals surface area contributed by atoms with Crippen molar-refractivity contribution in [2.24, 2.45) is 0 Å². The van der Waals surface area contributed by atoms with Crippen LogP contribution < -0.4 is 4.72 Å². The molecule has 19 heavy (non-hydrogen) atoms. The lowest BCUT2D eigenvalue weighted by atomic mass is 10.2. The van der Waals surface area contributed by atoms with E-state index in [2.05, 4.69) is 4.98 Å². The molecule has 0 radical (unpaired) electrons. The van der Waals surface area contributed by atoms with Crippen LogP contribution in [-0.4, -0.2) is 30.2 Å². The molecule has 2 N–H and O–H groups in total. The molecule has 2 aromatic rings. The Morgan fingerprint density at radius 3 is 2.63 bits per heavy atom. The van der Waals surface area contributed by atoms with Crippen LogP contribution in [0.25, 0.3) is 11.3 Å². The van der Waals surface area contributed by atoms with Gasteiger partial charge in [-0.05, 0) is 0 Å². The molecule has 7 nitrogen and oxygen atoms in total. The van der Waals surface area contributed by atoms with Crippen LogP contribution in [0.15, 0.2) is 41.0 Å². The Hall–Kier alpha value is -2.35. The van der Waals surface area contributed by atoms with Gasteiger partial charge in [0, 0.05) is 5.56 Å².